The van der Waals surface area contributed by atoms with Gasteiger partial charge < -0.3 is 5.32 Å². The van der Waals surface area contributed by atoms with E-state index in [1.54, 1.807) is 12.4 Å². The van der Waals surface area contributed by atoms with Crippen molar-refractivity contribution < 1.29 is 0 Å². The van der Waals surface area contributed by atoms with Crippen LogP contribution in [-0.4, -0.2) is 23.1 Å². The number of nitrogens with one attached hydrogen (secondary N) is 1. The van der Waals surface area contributed by atoms with Crippen LogP contribution in [-0.2, 0) is 0 Å². The van der Waals surface area contributed by atoms with E-state index in [2.05, 4.69) is 25.3 Å². The maximum Gasteiger partial charge on any atom is 0.222 e. The molecule has 0 aliphatic carbocycles. The highest BCUT2D eigenvalue weighted by Gasteiger charge is 1.95. The lowest BCUT2D eigenvalue weighted by molar-refractivity contribution is 0.555. The van der Waals surface area contributed by atoms with Gasteiger partial charge in [0.25, 0.3) is 0 Å². The van der Waals surface area contributed by atoms with Crippen molar-refractivity contribution in [3.8, 4) is 0 Å². The number of hydrogen-bond acceptors (Lipinski definition) is 4. The Labute approximate surface area is 133 Å². The molecule has 0 saturated heterocycles. The second kappa shape index (κ2) is 14.1. The zero-order valence-corrected chi connectivity index (χ0v) is 13.5. The fourth-order valence-corrected chi connectivity index (χ4v) is 2.36. The Hall–Kier alpha value is -1.81. The number of nitrogens with zero attached hydrogens (tertiary/aromatic N) is 5. The van der Waals surface area contributed by atoms with Gasteiger partial charge in [-0.15, -0.1) is 0 Å². The topological polar surface area (TPSA) is 86.6 Å². The first kappa shape index (κ1) is 18.2. The van der Waals surface area contributed by atoms with Crippen LogP contribution in [0.15, 0.2) is 23.6 Å². The molecule has 0 aliphatic heterocycles. The van der Waals surface area contributed by atoms with E-state index >= 15 is 0 Å². The Balaban J connectivity index is 1.76. The Morgan fingerprint density at radius 3 is 2.00 bits per heavy atom. The van der Waals surface area contributed by atoms with Crippen molar-refractivity contribution in [2.24, 2.45) is 5.11 Å². The fraction of sp³-hybridized carbons (Fsp3) is 0.750. The Morgan fingerprint density at radius 2 is 1.41 bits per heavy atom. The molecule has 1 N–H and O–H groups in total. The van der Waals surface area contributed by atoms with Gasteiger partial charge in [-0.2, -0.15) is 0 Å². The first-order valence-electron chi connectivity index (χ1n) is 8.45. The molecule has 0 bridgehead atoms. The van der Waals surface area contributed by atoms with E-state index in [0.717, 1.165) is 18.9 Å². The lowest BCUT2D eigenvalue weighted by atomic mass is 10.1. The summed E-state index contributed by atoms with van der Waals surface area (Å²) in [4.78, 5) is 11.0. The summed E-state index contributed by atoms with van der Waals surface area (Å²) in [5, 5.41) is 6.77. The molecule has 0 spiro atoms. The van der Waals surface area contributed by atoms with E-state index in [1.165, 1.54) is 57.8 Å². The third kappa shape index (κ3) is 10.9. The minimum atomic E-state index is 0.651. The van der Waals surface area contributed by atoms with Crippen LogP contribution in [0.3, 0.4) is 0 Å². The minimum Gasteiger partial charge on any atom is -0.354 e. The van der Waals surface area contributed by atoms with Gasteiger partial charge in [-0.05, 0) is 24.4 Å². The molecule has 1 rings (SSSR count). The molecule has 0 atom stereocenters. The van der Waals surface area contributed by atoms with Crippen LogP contribution < -0.4 is 5.32 Å². The molecule has 0 radical (unpaired) electrons. The van der Waals surface area contributed by atoms with Crippen LogP contribution in [0.5, 0.6) is 0 Å². The van der Waals surface area contributed by atoms with Crippen LogP contribution in [0, 0.1) is 0 Å². The summed E-state index contributed by atoms with van der Waals surface area (Å²) in [5.41, 5.74) is 8.15. The molecule has 122 valence electrons. The van der Waals surface area contributed by atoms with Crippen LogP contribution >= 0.6 is 0 Å². The first-order valence-corrected chi connectivity index (χ1v) is 8.45. The van der Waals surface area contributed by atoms with Gasteiger partial charge in [0, 0.05) is 30.4 Å². The number of aromatic nitrogens is 2. The molecule has 1 aromatic heterocycles. The van der Waals surface area contributed by atoms with Crippen molar-refractivity contribution in [3.63, 3.8) is 0 Å². The van der Waals surface area contributed by atoms with Gasteiger partial charge >= 0.3 is 0 Å². The Morgan fingerprint density at radius 1 is 0.864 bits per heavy atom. The quantitative estimate of drug-likeness (QED) is 0.224. The molecule has 0 fully saturated rings. The fourth-order valence-electron chi connectivity index (χ4n) is 2.36. The lowest BCUT2D eigenvalue weighted by Crippen LogP contribution is -2.04. The Kier molecular flexibility index (Phi) is 11.7. The summed E-state index contributed by atoms with van der Waals surface area (Å²) >= 11 is 0. The molecule has 6 nitrogen and oxygen atoms in total. The number of rotatable bonds is 14. The van der Waals surface area contributed by atoms with Gasteiger partial charge in [-0.25, -0.2) is 9.97 Å². The standard InChI is InChI=1S/C16H28N6/c17-22-21-15-10-8-6-4-2-1-3-5-7-9-12-18-16-19-13-11-14-20-16/h11,13-14H,1-10,12,15H2,(H,18,19,20). The van der Waals surface area contributed by atoms with Crippen LogP contribution in [0.25, 0.3) is 10.4 Å². The zero-order valence-electron chi connectivity index (χ0n) is 13.5. The minimum absolute atomic E-state index is 0.651. The maximum atomic E-state index is 8.15. The van der Waals surface area contributed by atoms with Crippen molar-refractivity contribution in [1.82, 2.24) is 9.97 Å². The van der Waals surface area contributed by atoms with E-state index in [-0.39, 0.29) is 0 Å². The van der Waals surface area contributed by atoms with Crippen molar-refractivity contribution in [2.75, 3.05) is 18.4 Å². The second-order valence-electron chi connectivity index (χ2n) is 5.49. The van der Waals surface area contributed by atoms with Crippen LogP contribution in [0.1, 0.15) is 64.2 Å². The van der Waals surface area contributed by atoms with Crippen molar-refractivity contribution in [3.05, 3.63) is 28.9 Å². The summed E-state index contributed by atoms with van der Waals surface area (Å²) in [6.45, 7) is 1.60. The monoisotopic (exact) mass is 304 g/mol. The normalized spacial score (nSPS) is 10.2. The Bertz CT molecular complexity index is 402. The number of azide groups is 1. The summed E-state index contributed by atoms with van der Waals surface area (Å²) in [7, 11) is 0. The summed E-state index contributed by atoms with van der Waals surface area (Å²) in [5.74, 6) is 0.725. The maximum absolute atomic E-state index is 8.15. The van der Waals surface area contributed by atoms with Gasteiger partial charge in [0.05, 0.1) is 0 Å². The number of anilines is 1. The highest BCUT2D eigenvalue weighted by atomic mass is 15.1. The van der Waals surface area contributed by atoms with E-state index in [0.29, 0.717) is 6.54 Å². The molecule has 0 unspecified atom stereocenters. The third-order valence-corrected chi connectivity index (χ3v) is 3.60. The van der Waals surface area contributed by atoms with E-state index in [9.17, 15) is 0 Å². The molecule has 6 heteroatoms. The molecular formula is C16H28N6. The first-order chi connectivity index (χ1) is 10.9. The summed E-state index contributed by atoms with van der Waals surface area (Å²) < 4.78 is 0. The van der Waals surface area contributed by atoms with Crippen molar-refractivity contribution >= 4 is 5.95 Å². The molecule has 0 amide bonds. The zero-order chi connectivity index (χ0) is 15.7. The van der Waals surface area contributed by atoms with E-state index in [1.807, 2.05) is 6.07 Å². The average Bonchev–Trinajstić information content (AvgIpc) is 2.56. The molecule has 0 aromatic carbocycles. The lowest BCUT2D eigenvalue weighted by Gasteiger charge is -2.04. The second-order valence-corrected chi connectivity index (χ2v) is 5.49. The molecule has 0 aliphatic rings. The molecule has 22 heavy (non-hydrogen) atoms. The molecule has 1 aromatic rings. The van der Waals surface area contributed by atoms with Crippen molar-refractivity contribution in [2.45, 2.75) is 64.2 Å². The van der Waals surface area contributed by atoms with Crippen molar-refractivity contribution in [1.29, 1.82) is 0 Å². The summed E-state index contributed by atoms with van der Waals surface area (Å²) in [6.07, 6.45) is 16.1. The molecular weight excluding hydrogens is 276 g/mol. The highest BCUT2D eigenvalue weighted by molar-refractivity contribution is 5.21. The largest absolute Gasteiger partial charge is 0.354 e. The van der Waals surface area contributed by atoms with Gasteiger partial charge in [-0.3, -0.25) is 0 Å². The summed E-state index contributed by atoms with van der Waals surface area (Å²) in [6, 6.07) is 1.82. The van der Waals surface area contributed by atoms with Gasteiger partial charge in [0.1, 0.15) is 0 Å². The van der Waals surface area contributed by atoms with Gasteiger partial charge in [-0.1, -0.05) is 56.5 Å². The average molecular weight is 304 g/mol. The van der Waals surface area contributed by atoms with E-state index in [4.69, 9.17) is 5.53 Å². The SMILES string of the molecule is [N-]=[N+]=NCCCCCCCCCCCCNc1ncccn1. The molecule has 1 heterocycles. The molecule has 0 saturated carbocycles. The van der Waals surface area contributed by atoms with E-state index < -0.39 is 0 Å². The predicted octanol–water partition coefficient (Wildman–Crippen LogP) is 5.10. The van der Waals surface area contributed by atoms with Crippen LogP contribution in [0.4, 0.5) is 5.95 Å². The predicted molar refractivity (Wildman–Crippen MR) is 90.7 cm³/mol. The third-order valence-electron chi connectivity index (χ3n) is 3.60. The number of hydrogen-bond donors (Lipinski definition) is 1. The smallest absolute Gasteiger partial charge is 0.222 e. The van der Waals surface area contributed by atoms with Gasteiger partial charge in [0.2, 0.25) is 5.95 Å². The highest BCUT2D eigenvalue weighted by Crippen LogP contribution is 2.10. The number of unbranched alkanes of at least 4 members (excludes halogenated alkanes) is 9. The van der Waals surface area contributed by atoms with Gasteiger partial charge in [0.15, 0.2) is 0 Å². The van der Waals surface area contributed by atoms with Crippen LogP contribution in [0.2, 0.25) is 0 Å².